The van der Waals surface area contributed by atoms with Gasteiger partial charge in [0.25, 0.3) is 0 Å². The lowest BCUT2D eigenvalue weighted by Crippen LogP contribution is -1.88. The van der Waals surface area contributed by atoms with Gasteiger partial charge in [-0.3, -0.25) is 0 Å². The molecule has 0 N–H and O–H groups in total. The summed E-state index contributed by atoms with van der Waals surface area (Å²) in [6.07, 6.45) is 3.19. The molecule has 0 aliphatic carbocycles. The standard InChI is InChI=1S/C13H7BrClN3S/c14-10-5-8(15)6-16-13(10)19-12-9-3-1-2-4-11(9)17-7-18-12/h1-7H. The van der Waals surface area contributed by atoms with E-state index in [1.165, 1.54) is 11.8 Å². The van der Waals surface area contributed by atoms with Crippen LogP contribution in [0.15, 0.2) is 57.4 Å². The first kappa shape index (κ1) is 12.8. The lowest BCUT2D eigenvalue weighted by Gasteiger charge is -2.05. The lowest BCUT2D eigenvalue weighted by atomic mass is 10.2. The van der Waals surface area contributed by atoms with Crippen molar-refractivity contribution in [1.29, 1.82) is 0 Å². The van der Waals surface area contributed by atoms with Crippen molar-refractivity contribution in [3.8, 4) is 0 Å². The molecule has 0 aliphatic heterocycles. The normalized spacial score (nSPS) is 10.8. The second-order valence-electron chi connectivity index (χ2n) is 3.74. The minimum atomic E-state index is 0.601. The summed E-state index contributed by atoms with van der Waals surface area (Å²) in [6, 6.07) is 9.72. The van der Waals surface area contributed by atoms with E-state index in [1.54, 1.807) is 12.5 Å². The maximum atomic E-state index is 5.89. The van der Waals surface area contributed by atoms with Crippen LogP contribution in [0, 0.1) is 0 Å². The highest BCUT2D eigenvalue weighted by Crippen LogP contribution is 2.34. The molecule has 6 heteroatoms. The third-order valence-corrected chi connectivity index (χ3v) is 4.58. The van der Waals surface area contributed by atoms with Crippen LogP contribution in [-0.4, -0.2) is 15.0 Å². The molecule has 2 heterocycles. The van der Waals surface area contributed by atoms with Gasteiger partial charge < -0.3 is 0 Å². The molecular weight excluding hydrogens is 346 g/mol. The van der Waals surface area contributed by atoms with Gasteiger partial charge in [-0.2, -0.15) is 0 Å². The topological polar surface area (TPSA) is 38.7 Å². The molecule has 0 bridgehead atoms. The number of fused-ring (bicyclic) bond motifs is 1. The first-order valence-electron chi connectivity index (χ1n) is 5.43. The van der Waals surface area contributed by atoms with Gasteiger partial charge in [0.15, 0.2) is 0 Å². The Morgan fingerprint density at radius 2 is 1.89 bits per heavy atom. The summed E-state index contributed by atoms with van der Waals surface area (Å²) in [6.45, 7) is 0. The molecule has 1 aromatic carbocycles. The Balaban J connectivity index is 2.06. The molecule has 3 nitrogen and oxygen atoms in total. The highest BCUT2D eigenvalue weighted by Gasteiger charge is 2.09. The van der Waals surface area contributed by atoms with Crippen LogP contribution >= 0.6 is 39.3 Å². The maximum Gasteiger partial charge on any atom is 0.117 e. The summed E-state index contributed by atoms with van der Waals surface area (Å²) >= 11 is 10.8. The van der Waals surface area contributed by atoms with Gasteiger partial charge in [0.05, 0.1) is 15.0 Å². The van der Waals surface area contributed by atoms with Crippen molar-refractivity contribution < 1.29 is 0 Å². The number of para-hydroxylation sites is 1. The van der Waals surface area contributed by atoms with E-state index >= 15 is 0 Å². The fourth-order valence-electron chi connectivity index (χ4n) is 1.63. The minimum absolute atomic E-state index is 0.601. The van der Waals surface area contributed by atoms with Gasteiger partial charge >= 0.3 is 0 Å². The quantitative estimate of drug-likeness (QED) is 0.632. The van der Waals surface area contributed by atoms with Crippen molar-refractivity contribution in [2.24, 2.45) is 0 Å². The van der Waals surface area contributed by atoms with Gasteiger partial charge in [-0.15, -0.1) is 0 Å². The van der Waals surface area contributed by atoms with Crippen LogP contribution in [0.4, 0.5) is 0 Å². The number of halogens is 2. The first-order chi connectivity index (χ1) is 9.24. The molecule has 0 aliphatic rings. The predicted molar refractivity (Wildman–Crippen MR) is 80.6 cm³/mol. The molecule has 19 heavy (non-hydrogen) atoms. The van der Waals surface area contributed by atoms with Gasteiger partial charge in [-0.1, -0.05) is 29.8 Å². The zero-order valence-electron chi connectivity index (χ0n) is 9.55. The second kappa shape index (κ2) is 5.45. The summed E-state index contributed by atoms with van der Waals surface area (Å²) in [7, 11) is 0. The van der Waals surface area contributed by atoms with E-state index < -0.39 is 0 Å². The molecule has 0 saturated heterocycles. The van der Waals surface area contributed by atoms with Gasteiger partial charge in [-0.25, -0.2) is 15.0 Å². The molecule has 0 atom stereocenters. The summed E-state index contributed by atoms with van der Waals surface area (Å²) in [5.74, 6) is 0. The van der Waals surface area contributed by atoms with Crippen molar-refractivity contribution in [3.05, 3.63) is 52.4 Å². The monoisotopic (exact) mass is 351 g/mol. The van der Waals surface area contributed by atoms with E-state index in [0.29, 0.717) is 5.02 Å². The molecule has 0 amide bonds. The highest BCUT2D eigenvalue weighted by molar-refractivity contribution is 9.10. The van der Waals surface area contributed by atoms with E-state index in [4.69, 9.17) is 11.6 Å². The summed E-state index contributed by atoms with van der Waals surface area (Å²) in [5, 5.41) is 3.32. The molecule has 0 radical (unpaired) electrons. The molecule has 0 saturated carbocycles. The molecular formula is C13H7BrClN3S. The predicted octanol–water partition coefficient (Wildman–Crippen LogP) is 4.59. The zero-order chi connectivity index (χ0) is 13.2. The minimum Gasteiger partial charge on any atom is -0.247 e. The van der Waals surface area contributed by atoms with E-state index in [2.05, 4.69) is 30.9 Å². The Labute approximate surface area is 127 Å². The third-order valence-electron chi connectivity index (χ3n) is 2.47. The fourth-order valence-corrected chi connectivity index (χ4v) is 3.34. The highest BCUT2D eigenvalue weighted by atomic mass is 79.9. The molecule has 3 rings (SSSR count). The average molecular weight is 353 g/mol. The second-order valence-corrected chi connectivity index (χ2v) is 6.01. The van der Waals surface area contributed by atoms with Crippen LogP contribution in [0.5, 0.6) is 0 Å². The Kier molecular flexibility index (Phi) is 3.68. The number of hydrogen-bond donors (Lipinski definition) is 0. The van der Waals surface area contributed by atoms with Gasteiger partial charge in [-0.05, 0) is 39.8 Å². The smallest absolute Gasteiger partial charge is 0.117 e. The largest absolute Gasteiger partial charge is 0.247 e. The number of nitrogens with zero attached hydrogens (tertiary/aromatic N) is 3. The van der Waals surface area contributed by atoms with E-state index in [0.717, 1.165) is 25.4 Å². The van der Waals surface area contributed by atoms with E-state index in [1.807, 2.05) is 30.3 Å². The molecule has 0 spiro atoms. The Morgan fingerprint density at radius 1 is 1.05 bits per heavy atom. The molecule has 94 valence electrons. The lowest BCUT2D eigenvalue weighted by molar-refractivity contribution is 1.07. The maximum absolute atomic E-state index is 5.89. The SMILES string of the molecule is Clc1cnc(Sc2ncnc3ccccc23)c(Br)c1. The van der Waals surface area contributed by atoms with Crippen LogP contribution in [0.3, 0.4) is 0 Å². The van der Waals surface area contributed by atoms with Crippen LogP contribution in [0.2, 0.25) is 5.02 Å². The molecule has 0 unspecified atom stereocenters. The number of benzene rings is 1. The summed E-state index contributed by atoms with van der Waals surface area (Å²) in [5.41, 5.74) is 0.921. The summed E-state index contributed by atoms with van der Waals surface area (Å²) < 4.78 is 0.854. The van der Waals surface area contributed by atoms with Crippen LogP contribution in [0.25, 0.3) is 10.9 Å². The van der Waals surface area contributed by atoms with Gasteiger partial charge in [0.2, 0.25) is 0 Å². The summed E-state index contributed by atoms with van der Waals surface area (Å²) in [4.78, 5) is 12.9. The Hall–Kier alpha value is -1.17. The molecule has 2 aromatic heterocycles. The van der Waals surface area contributed by atoms with Crippen molar-refractivity contribution in [2.75, 3.05) is 0 Å². The third kappa shape index (κ3) is 2.73. The van der Waals surface area contributed by atoms with E-state index in [9.17, 15) is 0 Å². The van der Waals surface area contributed by atoms with Crippen molar-refractivity contribution in [2.45, 2.75) is 10.1 Å². The van der Waals surface area contributed by atoms with Gasteiger partial charge in [0.1, 0.15) is 16.4 Å². The van der Waals surface area contributed by atoms with Crippen LogP contribution in [0.1, 0.15) is 0 Å². The first-order valence-corrected chi connectivity index (χ1v) is 7.41. The number of hydrogen-bond acceptors (Lipinski definition) is 4. The van der Waals surface area contributed by atoms with Gasteiger partial charge in [0, 0.05) is 11.6 Å². The van der Waals surface area contributed by atoms with Crippen LogP contribution in [-0.2, 0) is 0 Å². The molecule has 0 fully saturated rings. The van der Waals surface area contributed by atoms with Crippen molar-refractivity contribution >= 4 is 50.2 Å². The van der Waals surface area contributed by atoms with Crippen LogP contribution < -0.4 is 0 Å². The fraction of sp³-hybridized carbons (Fsp3) is 0. The number of aromatic nitrogens is 3. The average Bonchev–Trinajstić information content (AvgIpc) is 2.42. The van der Waals surface area contributed by atoms with E-state index in [-0.39, 0.29) is 0 Å². The number of pyridine rings is 1. The Bertz CT molecular complexity index is 746. The zero-order valence-corrected chi connectivity index (χ0v) is 12.7. The van der Waals surface area contributed by atoms with Crippen molar-refractivity contribution in [1.82, 2.24) is 15.0 Å². The molecule has 3 aromatic rings. The Morgan fingerprint density at radius 3 is 2.74 bits per heavy atom. The number of rotatable bonds is 2. The van der Waals surface area contributed by atoms with Crippen molar-refractivity contribution in [3.63, 3.8) is 0 Å².